The number of carbonyl (C=O) groups excluding carboxylic acids is 1. The lowest BCUT2D eigenvalue weighted by atomic mass is 9.82. The zero-order valence-electron chi connectivity index (χ0n) is 10.6. The van der Waals surface area contributed by atoms with Crippen molar-refractivity contribution in [3.8, 4) is 0 Å². The molecule has 0 bridgehead atoms. The van der Waals surface area contributed by atoms with Crippen LogP contribution in [0.3, 0.4) is 0 Å². The number of fused-ring (bicyclic) bond motifs is 1. The van der Waals surface area contributed by atoms with Crippen molar-refractivity contribution < 1.29 is 9.18 Å². The number of carbonyl (C=O) groups is 1. The van der Waals surface area contributed by atoms with Gasteiger partial charge < -0.3 is 11.1 Å². The van der Waals surface area contributed by atoms with Crippen molar-refractivity contribution in [1.29, 1.82) is 0 Å². The summed E-state index contributed by atoms with van der Waals surface area (Å²) in [5.41, 5.74) is 6.17. The van der Waals surface area contributed by atoms with Crippen molar-refractivity contribution in [2.24, 2.45) is 5.92 Å². The first-order valence-corrected chi connectivity index (χ1v) is 7.15. The van der Waals surface area contributed by atoms with Gasteiger partial charge in [-0.1, -0.05) is 13.0 Å². The maximum Gasteiger partial charge on any atom is 0.263 e. The highest BCUT2D eigenvalue weighted by molar-refractivity contribution is 7.21. The molecule has 1 amide bonds. The molecule has 1 heterocycles. The third kappa shape index (κ3) is 2.08. The first-order valence-electron chi connectivity index (χ1n) is 6.33. The van der Waals surface area contributed by atoms with Gasteiger partial charge in [0.05, 0.1) is 11.1 Å². The molecule has 0 atom stereocenters. The smallest absolute Gasteiger partial charge is 0.263 e. The monoisotopic (exact) mass is 278 g/mol. The number of hydrogen-bond acceptors (Lipinski definition) is 3. The SMILES string of the molecule is CC1CC(NC(=O)c2sc3cccc(F)c3c2N)C1. The Kier molecular flexibility index (Phi) is 2.93. The molecule has 1 aromatic heterocycles. The predicted octanol–water partition coefficient (Wildman–Crippen LogP) is 3.15. The Labute approximate surface area is 114 Å². The number of thiophene rings is 1. The Morgan fingerprint density at radius 3 is 2.84 bits per heavy atom. The Bertz CT molecular complexity index is 646. The van der Waals surface area contributed by atoms with Crippen LogP contribution in [0.5, 0.6) is 0 Å². The molecule has 5 heteroatoms. The summed E-state index contributed by atoms with van der Waals surface area (Å²) in [6.45, 7) is 2.16. The van der Waals surface area contributed by atoms with Gasteiger partial charge in [0.2, 0.25) is 0 Å². The second-order valence-corrected chi connectivity index (χ2v) is 6.26. The highest BCUT2D eigenvalue weighted by Crippen LogP contribution is 2.36. The molecule has 1 aliphatic rings. The summed E-state index contributed by atoms with van der Waals surface area (Å²) in [5.74, 6) is 0.111. The normalized spacial score (nSPS) is 22.2. The van der Waals surface area contributed by atoms with Crippen LogP contribution in [0.15, 0.2) is 18.2 Å². The van der Waals surface area contributed by atoms with Crippen LogP contribution in [0, 0.1) is 11.7 Å². The second kappa shape index (κ2) is 4.49. The summed E-state index contributed by atoms with van der Waals surface area (Å²) in [7, 11) is 0. The Balaban J connectivity index is 1.90. The fraction of sp³-hybridized carbons (Fsp3) is 0.357. The highest BCUT2D eigenvalue weighted by Gasteiger charge is 2.28. The standard InChI is InChI=1S/C14H15FN2OS/c1-7-5-8(6-7)17-14(18)13-12(16)11-9(15)3-2-4-10(11)19-13/h2-4,7-8H,5-6,16H2,1H3,(H,17,18). The van der Waals surface area contributed by atoms with Crippen molar-refractivity contribution in [3.05, 3.63) is 28.9 Å². The van der Waals surface area contributed by atoms with Gasteiger partial charge in [-0.2, -0.15) is 0 Å². The van der Waals surface area contributed by atoms with Crippen LogP contribution in [0.1, 0.15) is 29.4 Å². The molecule has 1 aliphatic carbocycles. The molecule has 0 radical (unpaired) electrons. The van der Waals surface area contributed by atoms with E-state index >= 15 is 0 Å². The predicted molar refractivity (Wildman–Crippen MR) is 75.8 cm³/mol. The summed E-state index contributed by atoms with van der Waals surface area (Å²) in [6, 6.07) is 5.00. The number of nitrogens with one attached hydrogen (secondary N) is 1. The molecular weight excluding hydrogens is 263 g/mol. The minimum atomic E-state index is -0.373. The van der Waals surface area contributed by atoms with Crippen LogP contribution in [-0.2, 0) is 0 Å². The van der Waals surface area contributed by atoms with Crippen molar-refractivity contribution in [2.75, 3.05) is 5.73 Å². The van der Waals surface area contributed by atoms with E-state index in [1.807, 2.05) is 0 Å². The maximum atomic E-state index is 13.7. The van der Waals surface area contributed by atoms with Gasteiger partial charge in [0.25, 0.3) is 5.91 Å². The lowest BCUT2D eigenvalue weighted by molar-refractivity contribution is 0.0901. The summed E-state index contributed by atoms with van der Waals surface area (Å²) in [6.07, 6.45) is 2.01. The number of nitrogens with two attached hydrogens (primary N) is 1. The third-order valence-corrected chi connectivity index (χ3v) is 4.79. The first-order chi connectivity index (χ1) is 9.06. The molecule has 0 spiro atoms. The molecule has 100 valence electrons. The molecule has 3 N–H and O–H groups in total. The first kappa shape index (κ1) is 12.4. The van der Waals surface area contributed by atoms with E-state index < -0.39 is 0 Å². The lowest BCUT2D eigenvalue weighted by Gasteiger charge is -2.33. The minimum Gasteiger partial charge on any atom is -0.397 e. The molecule has 0 aliphatic heterocycles. The van der Waals surface area contributed by atoms with Crippen molar-refractivity contribution in [1.82, 2.24) is 5.32 Å². The molecule has 0 unspecified atom stereocenters. The number of hydrogen-bond donors (Lipinski definition) is 2. The summed E-state index contributed by atoms with van der Waals surface area (Å²) in [4.78, 5) is 12.6. The quantitative estimate of drug-likeness (QED) is 0.886. The van der Waals surface area contributed by atoms with E-state index in [1.54, 1.807) is 12.1 Å². The van der Waals surface area contributed by atoms with Gasteiger partial charge in [-0.25, -0.2) is 4.39 Å². The minimum absolute atomic E-state index is 0.185. The van der Waals surface area contributed by atoms with Gasteiger partial charge in [0, 0.05) is 10.7 Å². The zero-order chi connectivity index (χ0) is 13.6. The molecule has 1 saturated carbocycles. The van der Waals surface area contributed by atoms with Crippen LogP contribution >= 0.6 is 11.3 Å². The average molecular weight is 278 g/mol. The number of rotatable bonds is 2. The fourth-order valence-corrected chi connectivity index (χ4v) is 3.61. The van der Waals surface area contributed by atoms with E-state index in [0.29, 0.717) is 20.9 Å². The van der Waals surface area contributed by atoms with Crippen LogP contribution in [0.2, 0.25) is 0 Å². The highest BCUT2D eigenvalue weighted by atomic mass is 32.1. The second-order valence-electron chi connectivity index (χ2n) is 5.20. The number of amides is 1. The van der Waals surface area contributed by atoms with Crippen LogP contribution in [0.25, 0.3) is 10.1 Å². The van der Waals surface area contributed by atoms with E-state index in [9.17, 15) is 9.18 Å². The Morgan fingerprint density at radius 2 is 2.21 bits per heavy atom. The maximum absolute atomic E-state index is 13.7. The van der Waals surface area contributed by atoms with Gasteiger partial charge in [0.1, 0.15) is 10.7 Å². The number of anilines is 1. The fourth-order valence-electron chi connectivity index (χ4n) is 2.57. The lowest BCUT2D eigenvalue weighted by Crippen LogP contribution is -2.43. The van der Waals surface area contributed by atoms with Gasteiger partial charge in [-0.05, 0) is 30.9 Å². The van der Waals surface area contributed by atoms with E-state index in [0.717, 1.165) is 12.8 Å². The van der Waals surface area contributed by atoms with Gasteiger partial charge in [-0.15, -0.1) is 11.3 Å². The molecule has 19 heavy (non-hydrogen) atoms. The van der Waals surface area contributed by atoms with Gasteiger partial charge >= 0.3 is 0 Å². The molecule has 2 aromatic rings. The van der Waals surface area contributed by atoms with E-state index in [4.69, 9.17) is 5.73 Å². The average Bonchev–Trinajstić information content (AvgIpc) is 2.66. The zero-order valence-corrected chi connectivity index (χ0v) is 11.4. The molecular formula is C14H15FN2OS. The van der Waals surface area contributed by atoms with Crippen molar-refractivity contribution >= 4 is 33.0 Å². The summed E-state index contributed by atoms with van der Waals surface area (Å²) >= 11 is 1.25. The van der Waals surface area contributed by atoms with Crippen LogP contribution in [-0.4, -0.2) is 11.9 Å². The van der Waals surface area contributed by atoms with Crippen molar-refractivity contribution in [3.63, 3.8) is 0 Å². The Hall–Kier alpha value is -1.62. The Morgan fingerprint density at radius 1 is 1.47 bits per heavy atom. The topological polar surface area (TPSA) is 55.1 Å². The van der Waals surface area contributed by atoms with E-state index in [-0.39, 0.29) is 23.5 Å². The molecule has 1 aromatic carbocycles. The third-order valence-electron chi connectivity index (χ3n) is 3.62. The summed E-state index contributed by atoms with van der Waals surface area (Å²) in [5, 5.41) is 3.31. The van der Waals surface area contributed by atoms with Gasteiger partial charge in [-0.3, -0.25) is 4.79 Å². The number of halogens is 1. The molecule has 3 rings (SSSR count). The van der Waals surface area contributed by atoms with E-state index in [1.165, 1.54) is 17.4 Å². The van der Waals surface area contributed by atoms with Crippen LogP contribution in [0.4, 0.5) is 10.1 Å². The van der Waals surface area contributed by atoms with Crippen molar-refractivity contribution in [2.45, 2.75) is 25.8 Å². The van der Waals surface area contributed by atoms with E-state index in [2.05, 4.69) is 12.2 Å². The number of nitrogen functional groups attached to an aromatic ring is 1. The largest absolute Gasteiger partial charge is 0.397 e. The molecule has 0 saturated heterocycles. The molecule has 3 nitrogen and oxygen atoms in total. The summed E-state index contributed by atoms with van der Waals surface area (Å²) < 4.78 is 14.4. The number of benzene rings is 1. The van der Waals surface area contributed by atoms with Gasteiger partial charge in [0.15, 0.2) is 0 Å². The van der Waals surface area contributed by atoms with Crippen LogP contribution < -0.4 is 11.1 Å². The molecule has 1 fully saturated rings.